The lowest BCUT2D eigenvalue weighted by Crippen LogP contribution is -2.17. The Morgan fingerprint density at radius 1 is 1.06 bits per heavy atom. The van der Waals surface area contributed by atoms with Gasteiger partial charge in [0, 0.05) is 27.6 Å². The Hall–Kier alpha value is -3.54. The molecule has 0 aliphatic carbocycles. The fourth-order valence-corrected chi connectivity index (χ4v) is 3.76. The Balaban J connectivity index is 1.68. The number of nitro groups is 1. The molecule has 0 saturated heterocycles. The van der Waals surface area contributed by atoms with Crippen LogP contribution in [0.3, 0.4) is 0 Å². The van der Waals surface area contributed by atoms with Gasteiger partial charge in [-0.25, -0.2) is 9.36 Å². The van der Waals surface area contributed by atoms with E-state index in [1.807, 2.05) is 45.0 Å². The van der Waals surface area contributed by atoms with E-state index in [0.29, 0.717) is 28.3 Å². The summed E-state index contributed by atoms with van der Waals surface area (Å²) in [6.07, 6.45) is 1.55. The lowest BCUT2D eigenvalue weighted by atomic mass is 10.2. The molecule has 2 aromatic heterocycles. The minimum atomic E-state index is -0.442. The molecule has 0 fully saturated rings. The SMILES string of the molecule is Cc1nn(-c2ccc([N+](=O)[O-])cc2)c(C)c1N=Cc1c(C)[nH]n(-c2ccc(I)cc2)c1=O. The molecule has 0 unspecified atom stereocenters. The van der Waals surface area contributed by atoms with Crippen molar-refractivity contribution >= 4 is 40.2 Å². The summed E-state index contributed by atoms with van der Waals surface area (Å²) in [5.41, 5.74) is 4.52. The molecule has 1 N–H and O–H groups in total. The van der Waals surface area contributed by atoms with Crippen LogP contribution in [0.5, 0.6) is 0 Å². The van der Waals surface area contributed by atoms with Crippen molar-refractivity contribution in [2.75, 3.05) is 0 Å². The third-order valence-electron chi connectivity index (χ3n) is 5.08. The molecule has 4 rings (SSSR count). The zero-order chi connectivity index (χ0) is 23.0. The largest absolute Gasteiger partial charge is 0.295 e. The molecular weight excluding hydrogens is 523 g/mol. The summed E-state index contributed by atoms with van der Waals surface area (Å²) in [5.74, 6) is 0. The van der Waals surface area contributed by atoms with E-state index < -0.39 is 4.92 Å². The van der Waals surface area contributed by atoms with Gasteiger partial charge >= 0.3 is 0 Å². The van der Waals surface area contributed by atoms with Crippen LogP contribution in [-0.4, -0.2) is 30.7 Å². The predicted octanol–water partition coefficient (Wildman–Crippen LogP) is 4.54. The summed E-state index contributed by atoms with van der Waals surface area (Å²) >= 11 is 2.22. The molecule has 162 valence electrons. The lowest BCUT2D eigenvalue weighted by Gasteiger charge is -2.03. The summed E-state index contributed by atoms with van der Waals surface area (Å²) in [7, 11) is 0. The zero-order valence-corrected chi connectivity index (χ0v) is 19.7. The molecule has 0 atom stereocenters. The Morgan fingerprint density at radius 3 is 2.31 bits per heavy atom. The number of aliphatic imine (C=N–C) groups is 1. The van der Waals surface area contributed by atoms with E-state index in [4.69, 9.17) is 0 Å². The van der Waals surface area contributed by atoms with Gasteiger partial charge < -0.3 is 0 Å². The summed E-state index contributed by atoms with van der Waals surface area (Å²) in [4.78, 5) is 28.0. The number of nitro benzene ring substituents is 1. The van der Waals surface area contributed by atoms with Crippen molar-refractivity contribution in [1.82, 2.24) is 19.6 Å². The summed E-state index contributed by atoms with van der Waals surface area (Å²) in [5, 5.41) is 18.5. The van der Waals surface area contributed by atoms with Gasteiger partial charge in [-0.15, -0.1) is 0 Å². The highest BCUT2D eigenvalue weighted by molar-refractivity contribution is 14.1. The third kappa shape index (κ3) is 4.00. The van der Waals surface area contributed by atoms with Crippen molar-refractivity contribution in [2.24, 2.45) is 4.99 Å². The number of H-pyrrole nitrogens is 1. The lowest BCUT2D eigenvalue weighted by molar-refractivity contribution is -0.384. The minimum Gasteiger partial charge on any atom is -0.295 e. The number of hydrogen-bond donors (Lipinski definition) is 1. The van der Waals surface area contributed by atoms with E-state index >= 15 is 0 Å². The van der Waals surface area contributed by atoms with Gasteiger partial charge in [0.2, 0.25) is 0 Å². The van der Waals surface area contributed by atoms with E-state index in [0.717, 1.165) is 15.0 Å². The van der Waals surface area contributed by atoms with Crippen LogP contribution in [-0.2, 0) is 0 Å². The first-order valence-corrected chi connectivity index (χ1v) is 10.8. The normalized spacial score (nSPS) is 11.4. The fraction of sp³-hybridized carbons (Fsp3) is 0.136. The first-order chi connectivity index (χ1) is 15.3. The van der Waals surface area contributed by atoms with Crippen molar-refractivity contribution in [3.8, 4) is 11.4 Å². The van der Waals surface area contributed by atoms with Gasteiger partial charge in [-0.3, -0.25) is 25.0 Å². The molecule has 10 heteroatoms. The smallest absolute Gasteiger partial charge is 0.280 e. The number of aromatic nitrogens is 4. The van der Waals surface area contributed by atoms with Gasteiger partial charge in [0.05, 0.1) is 33.2 Å². The highest BCUT2D eigenvalue weighted by Crippen LogP contribution is 2.26. The van der Waals surface area contributed by atoms with E-state index in [-0.39, 0.29) is 11.2 Å². The quantitative estimate of drug-likeness (QED) is 0.173. The molecule has 0 aliphatic heterocycles. The molecule has 0 aliphatic rings. The van der Waals surface area contributed by atoms with E-state index in [1.165, 1.54) is 16.8 Å². The Labute approximate surface area is 196 Å². The van der Waals surface area contributed by atoms with Crippen LogP contribution in [0, 0.1) is 34.5 Å². The second kappa shape index (κ2) is 8.54. The highest BCUT2D eigenvalue weighted by atomic mass is 127. The van der Waals surface area contributed by atoms with Gasteiger partial charge in [0.1, 0.15) is 5.69 Å². The van der Waals surface area contributed by atoms with Crippen molar-refractivity contribution in [1.29, 1.82) is 0 Å². The second-order valence-electron chi connectivity index (χ2n) is 7.23. The molecule has 0 amide bonds. The van der Waals surface area contributed by atoms with Crippen molar-refractivity contribution in [2.45, 2.75) is 20.8 Å². The maximum atomic E-state index is 12.9. The minimum absolute atomic E-state index is 0.0147. The topological polar surface area (TPSA) is 111 Å². The second-order valence-corrected chi connectivity index (χ2v) is 8.48. The number of hydrogen-bond acceptors (Lipinski definition) is 5. The Morgan fingerprint density at radius 2 is 1.69 bits per heavy atom. The number of non-ortho nitro benzene ring substituents is 1. The van der Waals surface area contributed by atoms with Crippen molar-refractivity contribution in [3.63, 3.8) is 0 Å². The van der Waals surface area contributed by atoms with Gasteiger partial charge in [-0.2, -0.15) is 5.10 Å². The molecule has 0 spiro atoms. The van der Waals surface area contributed by atoms with Gasteiger partial charge in [-0.05, 0) is 79.8 Å². The first kappa shape index (κ1) is 21.7. The maximum Gasteiger partial charge on any atom is 0.280 e. The number of halogens is 1. The zero-order valence-electron chi connectivity index (χ0n) is 17.5. The predicted molar refractivity (Wildman–Crippen MR) is 131 cm³/mol. The highest BCUT2D eigenvalue weighted by Gasteiger charge is 2.15. The maximum absolute atomic E-state index is 12.9. The van der Waals surface area contributed by atoms with Crippen LogP contribution < -0.4 is 5.56 Å². The average Bonchev–Trinajstić information content (AvgIpc) is 3.22. The molecule has 32 heavy (non-hydrogen) atoms. The van der Waals surface area contributed by atoms with E-state index in [2.05, 4.69) is 37.8 Å². The molecular formula is C22H19IN6O3. The number of aryl methyl sites for hydroxylation is 2. The van der Waals surface area contributed by atoms with Gasteiger partial charge in [0.15, 0.2) is 0 Å². The van der Waals surface area contributed by atoms with E-state index in [9.17, 15) is 14.9 Å². The first-order valence-electron chi connectivity index (χ1n) is 9.69. The molecule has 9 nitrogen and oxygen atoms in total. The number of aromatic amines is 1. The van der Waals surface area contributed by atoms with E-state index in [1.54, 1.807) is 23.0 Å². The van der Waals surface area contributed by atoms with Crippen molar-refractivity contribution < 1.29 is 4.92 Å². The van der Waals surface area contributed by atoms with Crippen LogP contribution in [0.25, 0.3) is 11.4 Å². The molecule has 0 radical (unpaired) electrons. The number of nitrogens with one attached hydrogen (secondary N) is 1. The molecule has 0 bridgehead atoms. The van der Waals surface area contributed by atoms with Gasteiger partial charge in [0.25, 0.3) is 11.2 Å². The average molecular weight is 542 g/mol. The molecule has 2 heterocycles. The van der Waals surface area contributed by atoms with Crippen molar-refractivity contribution in [3.05, 3.63) is 95.2 Å². The van der Waals surface area contributed by atoms with Crippen LogP contribution in [0.4, 0.5) is 11.4 Å². The van der Waals surface area contributed by atoms with Gasteiger partial charge in [-0.1, -0.05) is 0 Å². The van der Waals surface area contributed by atoms with Crippen LogP contribution >= 0.6 is 22.6 Å². The number of benzene rings is 2. The number of nitrogens with zero attached hydrogens (tertiary/aromatic N) is 5. The fourth-order valence-electron chi connectivity index (χ4n) is 3.40. The van der Waals surface area contributed by atoms with Crippen LogP contribution in [0.1, 0.15) is 22.6 Å². The monoisotopic (exact) mass is 542 g/mol. The standard InChI is InChI=1S/C22H19IN6O3/c1-13-20(22(30)28(25-13)18-6-4-16(23)5-7-18)12-24-21-14(2)26-27(15(21)3)17-8-10-19(11-9-17)29(31)32/h4-12,25H,1-3H3. The Kier molecular flexibility index (Phi) is 5.78. The summed E-state index contributed by atoms with van der Waals surface area (Å²) in [6, 6.07) is 13.8. The molecule has 4 aromatic rings. The third-order valence-corrected chi connectivity index (χ3v) is 5.80. The molecule has 2 aromatic carbocycles. The Bertz CT molecular complexity index is 1400. The summed E-state index contributed by atoms with van der Waals surface area (Å²) < 4.78 is 4.26. The summed E-state index contributed by atoms with van der Waals surface area (Å²) in [6.45, 7) is 5.52. The van der Waals surface area contributed by atoms with Crippen LogP contribution in [0.2, 0.25) is 0 Å². The molecule has 0 saturated carbocycles. The number of rotatable bonds is 5. The van der Waals surface area contributed by atoms with Crippen LogP contribution in [0.15, 0.2) is 58.3 Å².